The summed E-state index contributed by atoms with van der Waals surface area (Å²) in [6.45, 7) is 0. The predicted molar refractivity (Wildman–Crippen MR) is 192 cm³/mol. The zero-order valence-electron chi connectivity index (χ0n) is 30.9. The van der Waals surface area contributed by atoms with Gasteiger partial charge in [0.25, 0.3) is 0 Å². The van der Waals surface area contributed by atoms with Gasteiger partial charge >= 0.3 is 0 Å². The minimum Gasteiger partial charge on any atom is -0.455 e. The lowest BCUT2D eigenvalue weighted by atomic mass is 9.84. The van der Waals surface area contributed by atoms with Gasteiger partial charge in [-0.25, -0.2) is 0 Å². The normalized spacial score (nSPS) is 14.2. The molecule has 0 N–H and O–H groups in total. The Morgan fingerprint density at radius 2 is 1.00 bits per heavy atom. The fraction of sp³-hybridized carbons (Fsp3) is 0. The fourth-order valence-corrected chi connectivity index (χ4v) is 7.13. The first kappa shape index (κ1) is 18.7. The van der Waals surface area contributed by atoms with Crippen LogP contribution in [0.4, 0.5) is 0 Å². The zero-order valence-corrected chi connectivity index (χ0v) is 23.9. The molecule has 1 aromatic heterocycles. The molecule has 1 heterocycles. The molecule has 0 bridgehead atoms. The largest absolute Gasteiger partial charge is 0.455 e. The first-order chi connectivity index (χ1) is 25.3. The summed E-state index contributed by atoms with van der Waals surface area (Å²) in [6.07, 6.45) is 0. The number of benzene rings is 9. The summed E-state index contributed by atoms with van der Waals surface area (Å²) < 4.78 is 68.5. The average molecular weight is 578 g/mol. The van der Waals surface area contributed by atoms with Crippen molar-refractivity contribution in [2.45, 2.75) is 0 Å². The highest BCUT2D eigenvalue weighted by Gasteiger charge is 2.22. The van der Waals surface area contributed by atoms with Crippen LogP contribution in [0.15, 0.2) is 162 Å². The second kappa shape index (κ2) is 9.29. The molecule has 10 rings (SSSR count). The van der Waals surface area contributed by atoms with Crippen LogP contribution in [-0.2, 0) is 0 Å². The summed E-state index contributed by atoms with van der Waals surface area (Å²) in [5.41, 5.74) is 4.29. The summed E-state index contributed by atoms with van der Waals surface area (Å²) in [4.78, 5) is 0. The predicted octanol–water partition coefficient (Wildman–Crippen LogP) is 12.7. The van der Waals surface area contributed by atoms with E-state index in [0.29, 0.717) is 5.56 Å². The van der Waals surface area contributed by atoms with Gasteiger partial charge in [0.15, 0.2) is 0 Å². The maximum Gasteiger partial charge on any atom is 0.143 e. The first-order valence-electron chi connectivity index (χ1n) is 18.5. The highest BCUT2D eigenvalue weighted by molar-refractivity contribution is 6.30. The van der Waals surface area contributed by atoms with Crippen LogP contribution in [0.2, 0.25) is 0 Å². The lowest BCUT2D eigenvalue weighted by molar-refractivity contribution is 0.676. The zero-order chi connectivity index (χ0) is 35.6. The molecule has 0 aliphatic heterocycles. The monoisotopic (exact) mass is 577 g/mol. The Morgan fingerprint density at radius 1 is 0.422 bits per heavy atom. The van der Waals surface area contributed by atoms with E-state index < -0.39 is 18.1 Å². The molecule has 0 saturated carbocycles. The highest BCUT2D eigenvalue weighted by Crippen LogP contribution is 2.49. The van der Waals surface area contributed by atoms with Gasteiger partial charge in [0.1, 0.15) is 11.2 Å². The molecule has 0 aliphatic carbocycles. The minimum absolute atomic E-state index is 0.0624. The highest BCUT2D eigenvalue weighted by atomic mass is 16.3. The van der Waals surface area contributed by atoms with E-state index in [1.54, 1.807) is 0 Å². The van der Waals surface area contributed by atoms with Crippen LogP contribution in [0.25, 0.3) is 98.1 Å². The van der Waals surface area contributed by atoms with E-state index in [0.717, 1.165) is 76.2 Å². The van der Waals surface area contributed by atoms with Crippen molar-refractivity contribution in [3.8, 4) is 22.3 Å². The quantitative estimate of drug-likeness (QED) is 0.186. The lowest BCUT2D eigenvalue weighted by Crippen LogP contribution is -1.92. The van der Waals surface area contributed by atoms with Crippen molar-refractivity contribution >= 4 is 75.8 Å². The number of furan rings is 1. The lowest BCUT2D eigenvalue weighted by Gasteiger charge is -2.19. The first-order valence-corrected chi connectivity index (χ1v) is 15.0. The molecule has 10 aromatic rings. The second-order valence-electron chi connectivity index (χ2n) is 11.5. The summed E-state index contributed by atoms with van der Waals surface area (Å²) in [5, 5.41) is 9.23. The van der Waals surface area contributed by atoms with E-state index in [1.807, 2.05) is 72.8 Å². The smallest absolute Gasteiger partial charge is 0.143 e. The van der Waals surface area contributed by atoms with Gasteiger partial charge in [-0.15, -0.1) is 0 Å². The van der Waals surface area contributed by atoms with E-state index in [1.165, 1.54) is 0 Å². The molecule has 0 unspecified atom stereocenters. The van der Waals surface area contributed by atoms with Gasteiger partial charge in [0, 0.05) is 21.5 Å². The van der Waals surface area contributed by atoms with Crippen LogP contribution >= 0.6 is 0 Å². The second-order valence-corrected chi connectivity index (χ2v) is 11.5. The Kier molecular flexibility index (Phi) is 3.86. The van der Waals surface area contributed by atoms with Crippen LogP contribution in [-0.4, -0.2) is 0 Å². The van der Waals surface area contributed by atoms with Gasteiger partial charge in [-0.1, -0.05) is 139 Å². The third-order valence-corrected chi connectivity index (χ3v) is 9.06. The number of fused-ring (bicyclic) bond motifs is 10. The van der Waals surface area contributed by atoms with Crippen molar-refractivity contribution in [1.29, 1.82) is 0 Å². The number of rotatable bonds is 2. The van der Waals surface area contributed by atoms with Crippen molar-refractivity contribution in [2.75, 3.05) is 0 Å². The maximum absolute atomic E-state index is 9.46. The van der Waals surface area contributed by atoms with Crippen molar-refractivity contribution in [1.82, 2.24) is 0 Å². The van der Waals surface area contributed by atoms with Gasteiger partial charge in [0.2, 0.25) is 0 Å². The van der Waals surface area contributed by atoms with Crippen LogP contribution in [0.1, 0.15) is 9.60 Å². The summed E-state index contributed by atoms with van der Waals surface area (Å²) >= 11 is 0. The van der Waals surface area contributed by atoms with Crippen molar-refractivity contribution in [2.24, 2.45) is 0 Å². The summed E-state index contributed by atoms with van der Waals surface area (Å²) in [5.74, 6) is 0. The summed E-state index contributed by atoms with van der Waals surface area (Å²) in [6, 6.07) is 36.2. The minimum atomic E-state index is -0.487. The molecule has 0 radical (unpaired) electrons. The Hall–Kier alpha value is -5.92. The molecule has 0 amide bonds. The van der Waals surface area contributed by atoms with Gasteiger partial charge in [0.05, 0.1) is 9.60 Å². The Bertz CT molecular complexity index is 3160. The Morgan fingerprint density at radius 3 is 1.71 bits per heavy atom. The van der Waals surface area contributed by atoms with E-state index in [4.69, 9.17) is 11.3 Å². The molecule has 9 aromatic carbocycles. The van der Waals surface area contributed by atoms with Crippen LogP contribution in [0, 0.1) is 0 Å². The van der Waals surface area contributed by atoms with E-state index in [9.17, 15) is 2.74 Å². The van der Waals surface area contributed by atoms with Gasteiger partial charge in [-0.05, 0) is 83.5 Å². The van der Waals surface area contributed by atoms with Crippen molar-refractivity contribution in [3.05, 3.63) is 158 Å². The molecule has 0 atom stereocenters. The standard InChI is InChI=1S/C44H26O/c1-2-13-29-25-31(22-21-27(29)11-1)40-34-17-7-9-19-36(34)41(37-20-10-8-18-35(37)40)39-26-30-14-4-6-16-33(30)44-42(39)38-24-23-28-12-3-5-15-32(28)43(38)45-44/h1-26H/i1D,2D,11D,13D,21D,22D,25D. The molecule has 1 heteroatoms. The summed E-state index contributed by atoms with van der Waals surface area (Å²) in [7, 11) is 0. The molecule has 45 heavy (non-hydrogen) atoms. The van der Waals surface area contributed by atoms with E-state index in [-0.39, 0.29) is 40.5 Å². The van der Waals surface area contributed by atoms with Gasteiger partial charge in [-0.3, -0.25) is 0 Å². The molecular formula is C44H26O. The maximum atomic E-state index is 9.46. The Balaban J connectivity index is 1.41. The number of hydrogen-bond acceptors (Lipinski definition) is 1. The molecule has 0 spiro atoms. The van der Waals surface area contributed by atoms with Gasteiger partial charge in [-0.2, -0.15) is 0 Å². The third-order valence-electron chi connectivity index (χ3n) is 9.06. The third kappa shape index (κ3) is 3.50. The van der Waals surface area contributed by atoms with E-state index >= 15 is 0 Å². The number of hydrogen-bond donors (Lipinski definition) is 0. The topological polar surface area (TPSA) is 13.1 Å². The molecule has 208 valence electrons. The van der Waals surface area contributed by atoms with E-state index in [2.05, 4.69) is 42.5 Å². The molecule has 1 nitrogen and oxygen atoms in total. The van der Waals surface area contributed by atoms with Crippen molar-refractivity contribution < 1.29 is 14.0 Å². The van der Waals surface area contributed by atoms with Gasteiger partial charge < -0.3 is 4.42 Å². The van der Waals surface area contributed by atoms with Crippen LogP contribution in [0.5, 0.6) is 0 Å². The molecule has 0 saturated heterocycles. The molecule has 0 fully saturated rings. The van der Waals surface area contributed by atoms with Crippen LogP contribution in [0.3, 0.4) is 0 Å². The fourth-order valence-electron chi connectivity index (χ4n) is 7.13. The average Bonchev–Trinajstić information content (AvgIpc) is 3.58. The molecular weight excluding hydrogens is 544 g/mol. The molecule has 0 aliphatic rings. The SMILES string of the molecule is [2H]c1c([2H])c([2H])c2c([2H])c(-c3c4ccccc4c(-c4cc5ccccc5c5oc6c7ccccc7ccc6c45)c4ccccc34)c([2H])c([2H])c2c1[2H]. The van der Waals surface area contributed by atoms with Crippen LogP contribution < -0.4 is 0 Å². The Labute approximate surface area is 269 Å². The van der Waals surface area contributed by atoms with Crippen molar-refractivity contribution in [3.63, 3.8) is 0 Å².